The molecule has 1 aromatic rings. The smallest absolute Gasteiger partial charge is 0.307 e. The molecule has 0 radical (unpaired) electrons. The van der Waals surface area contributed by atoms with Crippen LogP contribution in [-0.2, 0) is 16.0 Å². The average Bonchev–Trinajstić information content (AvgIpc) is 2.90. The average molecular weight is 324 g/mol. The van der Waals surface area contributed by atoms with Crippen LogP contribution in [0, 0.1) is 11.3 Å². The van der Waals surface area contributed by atoms with Crippen molar-refractivity contribution in [3.05, 3.63) is 52.8 Å². The molecule has 0 heterocycles. The Kier molecular flexibility index (Phi) is 3.56. The lowest BCUT2D eigenvalue weighted by atomic mass is 9.58. The lowest BCUT2D eigenvalue weighted by Crippen LogP contribution is -2.36. The first-order valence-electron chi connectivity index (χ1n) is 8.81. The minimum absolute atomic E-state index is 0.100. The summed E-state index contributed by atoms with van der Waals surface area (Å²) in [5.74, 6) is 2.69. The third-order valence-electron chi connectivity index (χ3n) is 6.16. The summed E-state index contributed by atoms with van der Waals surface area (Å²) in [5.41, 5.74) is 4.27. The summed E-state index contributed by atoms with van der Waals surface area (Å²) in [6.07, 6.45) is 8.64. The Balaban J connectivity index is 1.65. The van der Waals surface area contributed by atoms with Gasteiger partial charge >= 0.3 is 5.97 Å². The third-order valence-corrected chi connectivity index (χ3v) is 6.16. The van der Waals surface area contributed by atoms with Gasteiger partial charge in [-0.25, -0.2) is 0 Å². The number of rotatable bonds is 2. The highest BCUT2D eigenvalue weighted by Crippen LogP contribution is 2.59. The Morgan fingerprint density at radius 2 is 2.04 bits per heavy atom. The van der Waals surface area contributed by atoms with Crippen LogP contribution >= 0.6 is 0 Å². The number of ether oxygens (including phenoxy) is 2. The molecule has 1 aromatic carbocycles. The normalized spacial score (nSPS) is 30.5. The van der Waals surface area contributed by atoms with Gasteiger partial charge < -0.3 is 9.47 Å². The van der Waals surface area contributed by atoms with Crippen LogP contribution in [0.5, 0.6) is 5.75 Å². The minimum Gasteiger partial charge on any atom is -0.497 e. The van der Waals surface area contributed by atoms with Crippen molar-refractivity contribution in [2.75, 3.05) is 7.11 Å². The highest BCUT2D eigenvalue weighted by atomic mass is 16.5. The number of fused-ring (bicyclic) bond motifs is 5. The van der Waals surface area contributed by atoms with Crippen LogP contribution < -0.4 is 4.74 Å². The predicted octanol–water partition coefficient (Wildman–Crippen LogP) is 4.53. The van der Waals surface area contributed by atoms with Gasteiger partial charge in [0.1, 0.15) is 11.5 Å². The number of methoxy groups -OCH3 is 1. The maximum Gasteiger partial charge on any atom is 0.307 e. The standard InChI is InChI=1S/C21H24O3/c1-13(22)24-20-9-8-19-18-6-4-14-12-15(23-3)5-7-16(14)17(18)10-11-21(19,20)2/h5,7-9,12,17-18H,4,6,10-11H2,1-3H3/t17?,18?,21-/m0/s1. The first-order valence-corrected chi connectivity index (χ1v) is 8.81. The van der Waals surface area contributed by atoms with E-state index in [1.807, 2.05) is 6.08 Å². The van der Waals surface area contributed by atoms with Gasteiger partial charge in [-0.05, 0) is 73.8 Å². The van der Waals surface area contributed by atoms with Crippen molar-refractivity contribution in [2.24, 2.45) is 11.3 Å². The van der Waals surface area contributed by atoms with Crippen LogP contribution in [0.1, 0.15) is 50.2 Å². The lowest BCUT2D eigenvalue weighted by molar-refractivity contribution is -0.138. The van der Waals surface area contributed by atoms with Gasteiger partial charge in [-0.3, -0.25) is 4.79 Å². The summed E-state index contributed by atoms with van der Waals surface area (Å²) in [7, 11) is 1.73. The number of carbonyl (C=O) groups is 1. The lowest BCUT2D eigenvalue weighted by Gasteiger charge is -2.46. The van der Waals surface area contributed by atoms with Gasteiger partial charge in [0.05, 0.1) is 7.11 Å². The first kappa shape index (κ1) is 15.5. The SMILES string of the molecule is COc1ccc2c(c1)CCC1C3=CC=C(OC(C)=O)[C@@]3(C)CCC21. The maximum absolute atomic E-state index is 11.4. The molecular weight excluding hydrogens is 300 g/mol. The molecule has 0 amide bonds. The quantitative estimate of drug-likeness (QED) is 0.750. The Morgan fingerprint density at radius 3 is 2.79 bits per heavy atom. The van der Waals surface area contributed by atoms with Crippen LogP contribution in [0.25, 0.3) is 0 Å². The van der Waals surface area contributed by atoms with Crippen LogP contribution in [-0.4, -0.2) is 13.1 Å². The fourth-order valence-electron chi connectivity index (χ4n) is 4.97. The molecule has 24 heavy (non-hydrogen) atoms. The second-order valence-electron chi connectivity index (χ2n) is 7.43. The van der Waals surface area contributed by atoms with Gasteiger partial charge in [0.15, 0.2) is 0 Å². The predicted molar refractivity (Wildman–Crippen MR) is 92.8 cm³/mol. The van der Waals surface area contributed by atoms with Gasteiger partial charge in [-0.15, -0.1) is 0 Å². The molecule has 4 rings (SSSR count). The van der Waals surface area contributed by atoms with E-state index in [-0.39, 0.29) is 11.4 Å². The van der Waals surface area contributed by atoms with Crippen molar-refractivity contribution < 1.29 is 14.3 Å². The van der Waals surface area contributed by atoms with Crippen LogP contribution in [0.3, 0.4) is 0 Å². The molecule has 0 N–H and O–H groups in total. The van der Waals surface area contributed by atoms with E-state index in [0.717, 1.165) is 37.2 Å². The molecule has 1 saturated carbocycles. The van der Waals surface area contributed by atoms with Crippen molar-refractivity contribution >= 4 is 5.97 Å². The number of hydrogen-bond donors (Lipinski definition) is 0. The number of hydrogen-bond acceptors (Lipinski definition) is 3. The van der Waals surface area contributed by atoms with E-state index in [1.54, 1.807) is 7.11 Å². The monoisotopic (exact) mass is 324 g/mol. The Bertz CT molecular complexity index is 758. The second kappa shape index (κ2) is 5.51. The molecule has 126 valence electrons. The zero-order chi connectivity index (χ0) is 16.9. The number of aryl methyl sites for hydroxylation is 1. The van der Waals surface area contributed by atoms with E-state index >= 15 is 0 Å². The van der Waals surface area contributed by atoms with Gasteiger partial charge in [0.2, 0.25) is 0 Å². The van der Waals surface area contributed by atoms with Crippen LogP contribution in [0.4, 0.5) is 0 Å². The van der Waals surface area contributed by atoms with Gasteiger partial charge in [0.25, 0.3) is 0 Å². The van der Waals surface area contributed by atoms with E-state index in [2.05, 4.69) is 31.2 Å². The van der Waals surface area contributed by atoms with Gasteiger partial charge in [0, 0.05) is 12.3 Å². The van der Waals surface area contributed by atoms with Crippen LogP contribution in [0.2, 0.25) is 0 Å². The highest BCUT2D eigenvalue weighted by molar-refractivity contribution is 5.68. The van der Waals surface area contributed by atoms with Crippen molar-refractivity contribution in [2.45, 2.75) is 45.4 Å². The molecule has 0 bridgehead atoms. The molecule has 3 nitrogen and oxygen atoms in total. The summed E-state index contributed by atoms with van der Waals surface area (Å²) < 4.78 is 10.9. The van der Waals surface area contributed by atoms with E-state index in [1.165, 1.54) is 23.6 Å². The van der Waals surface area contributed by atoms with Crippen molar-refractivity contribution in [3.8, 4) is 5.75 Å². The summed E-state index contributed by atoms with van der Waals surface area (Å²) in [6.45, 7) is 3.72. The van der Waals surface area contributed by atoms with Gasteiger partial charge in [-0.2, -0.15) is 0 Å². The molecule has 3 aliphatic rings. The topological polar surface area (TPSA) is 35.5 Å². The fourth-order valence-corrected chi connectivity index (χ4v) is 4.97. The molecule has 3 atom stereocenters. The number of benzene rings is 1. The van der Waals surface area contributed by atoms with E-state index in [9.17, 15) is 4.79 Å². The Labute approximate surface area is 143 Å². The second-order valence-corrected chi connectivity index (χ2v) is 7.43. The third kappa shape index (κ3) is 2.21. The zero-order valence-electron chi connectivity index (χ0n) is 14.6. The van der Waals surface area contributed by atoms with Crippen LogP contribution in [0.15, 0.2) is 41.7 Å². The Morgan fingerprint density at radius 1 is 1.21 bits per heavy atom. The highest BCUT2D eigenvalue weighted by Gasteiger charge is 2.49. The molecule has 2 unspecified atom stereocenters. The van der Waals surface area contributed by atoms with E-state index in [4.69, 9.17) is 9.47 Å². The molecule has 3 heteroatoms. The molecule has 1 fully saturated rings. The number of allylic oxidation sites excluding steroid dienone is 3. The molecule has 0 saturated heterocycles. The molecule has 0 spiro atoms. The van der Waals surface area contributed by atoms with E-state index < -0.39 is 0 Å². The summed E-state index contributed by atoms with van der Waals surface area (Å²) in [5, 5.41) is 0. The molecule has 0 aliphatic heterocycles. The Hall–Kier alpha value is -2.03. The first-order chi connectivity index (χ1) is 11.5. The number of carbonyl (C=O) groups excluding carboxylic acids is 1. The van der Waals surface area contributed by atoms with Crippen molar-refractivity contribution in [3.63, 3.8) is 0 Å². The summed E-state index contributed by atoms with van der Waals surface area (Å²) in [4.78, 5) is 11.4. The van der Waals surface area contributed by atoms with Gasteiger partial charge in [-0.1, -0.05) is 17.7 Å². The maximum atomic E-state index is 11.4. The number of esters is 1. The minimum atomic E-state index is -0.222. The molecule has 0 aromatic heterocycles. The summed E-state index contributed by atoms with van der Waals surface area (Å²) >= 11 is 0. The van der Waals surface area contributed by atoms with Crippen molar-refractivity contribution in [1.29, 1.82) is 0 Å². The molecule has 3 aliphatic carbocycles. The molecular formula is C21H24O3. The fraction of sp³-hybridized carbons (Fsp3) is 0.476. The largest absolute Gasteiger partial charge is 0.497 e. The van der Waals surface area contributed by atoms with Crippen molar-refractivity contribution in [1.82, 2.24) is 0 Å². The zero-order valence-corrected chi connectivity index (χ0v) is 14.6. The van der Waals surface area contributed by atoms with E-state index in [0.29, 0.717) is 11.8 Å². The summed E-state index contributed by atoms with van der Waals surface area (Å²) in [6, 6.07) is 6.54.